The van der Waals surface area contributed by atoms with Crippen molar-refractivity contribution >= 4 is 11.9 Å². The third-order valence-corrected chi connectivity index (χ3v) is 2.78. The van der Waals surface area contributed by atoms with E-state index in [4.69, 9.17) is 9.47 Å². The second-order valence-electron chi connectivity index (χ2n) is 4.15. The van der Waals surface area contributed by atoms with Crippen molar-refractivity contribution in [2.24, 2.45) is 11.3 Å². The van der Waals surface area contributed by atoms with E-state index >= 15 is 0 Å². The average Bonchev–Trinajstić information content (AvgIpc) is 2.98. The summed E-state index contributed by atoms with van der Waals surface area (Å²) in [7, 11) is 1.32. The Morgan fingerprint density at radius 3 is 2.47 bits per heavy atom. The second-order valence-corrected chi connectivity index (χ2v) is 4.15. The standard InChI is InChI=1S/C10H14O5/c1-13-9(12)10(4-14-5-10)6-15-8(11)7-2-3-7/h7H,2-6H2,1H3. The van der Waals surface area contributed by atoms with Crippen molar-refractivity contribution in [3.05, 3.63) is 0 Å². The molecule has 1 saturated heterocycles. The zero-order chi connectivity index (χ0) is 10.9. The van der Waals surface area contributed by atoms with E-state index in [0.717, 1.165) is 12.8 Å². The Bertz CT molecular complexity index is 278. The van der Waals surface area contributed by atoms with Gasteiger partial charge in [-0.15, -0.1) is 0 Å². The van der Waals surface area contributed by atoms with Gasteiger partial charge in [0.2, 0.25) is 0 Å². The molecular formula is C10H14O5. The quantitative estimate of drug-likeness (QED) is 0.622. The Labute approximate surface area is 87.7 Å². The number of esters is 2. The molecule has 1 aliphatic heterocycles. The fourth-order valence-electron chi connectivity index (χ4n) is 1.47. The lowest BCUT2D eigenvalue weighted by Gasteiger charge is -2.37. The van der Waals surface area contributed by atoms with Crippen LogP contribution in [-0.4, -0.2) is 38.9 Å². The number of ether oxygens (including phenoxy) is 3. The van der Waals surface area contributed by atoms with Gasteiger partial charge in [0.05, 0.1) is 26.2 Å². The highest BCUT2D eigenvalue weighted by molar-refractivity contribution is 5.79. The number of rotatable bonds is 4. The molecule has 1 aliphatic carbocycles. The minimum atomic E-state index is -0.751. The Hall–Kier alpha value is -1.10. The van der Waals surface area contributed by atoms with Crippen molar-refractivity contribution in [2.75, 3.05) is 26.9 Å². The maximum Gasteiger partial charge on any atom is 0.320 e. The van der Waals surface area contributed by atoms with Crippen LogP contribution in [-0.2, 0) is 23.8 Å². The highest BCUT2D eigenvalue weighted by Gasteiger charge is 2.49. The first kappa shape index (κ1) is 10.4. The van der Waals surface area contributed by atoms with Crippen molar-refractivity contribution in [2.45, 2.75) is 12.8 Å². The highest BCUT2D eigenvalue weighted by atomic mass is 16.6. The number of carbonyl (C=O) groups excluding carboxylic acids is 2. The van der Waals surface area contributed by atoms with Crippen molar-refractivity contribution in [1.29, 1.82) is 0 Å². The third-order valence-electron chi connectivity index (χ3n) is 2.78. The van der Waals surface area contributed by atoms with Gasteiger partial charge in [-0.25, -0.2) is 0 Å². The van der Waals surface area contributed by atoms with Crippen molar-refractivity contribution in [3.8, 4) is 0 Å². The van der Waals surface area contributed by atoms with E-state index in [1.807, 2.05) is 0 Å². The molecule has 0 aromatic carbocycles. The fourth-order valence-corrected chi connectivity index (χ4v) is 1.47. The molecule has 0 aromatic heterocycles. The molecule has 0 atom stereocenters. The summed E-state index contributed by atoms with van der Waals surface area (Å²) >= 11 is 0. The summed E-state index contributed by atoms with van der Waals surface area (Å²) in [6, 6.07) is 0. The summed E-state index contributed by atoms with van der Waals surface area (Å²) in [6.07, 6.45) is 1.81. The Morgan fingerprint density at radius 2 is 2.07 bits per heavy atom. The minimum Gasteiger partial charge on any atom is -0.468 e. The van der Waals surface area contributed by atoms with Crippen LogP contribution in [0.15, 0.2) is 0 Å². The summed E-state index contributed by atoms with van der Waals surface area (Å²) in [5.74, 6) is -0.511. The van der Waals surface area contributed by atoms with Crippen LogP contribution in [0.3, 0.4) is 0 Å². The van der Waals surface area contributed by atoms with Crippen LogP contribution in [0.2, 0.25) is 0 Å². The first-order valence-electron chi connectivity index (χ1n) is 5.01. The third kappa shape index (κ3) is 1.97. The summed E-state index contributed by atoms with van der Waals surface area (Å²) in [5, 5.41) is 0. The van der Waals surface area contributed by atoms with E-state index in [-0.39, 0.29) is 37.7 Å². The summed E-state index contributed by atoms with van der Waals surface area (Å²) < 4.78 is 14.7. The molecule has 0 unspecified atom stereocenters. The molecule has 1 saturated carbocycles. The average molecular weight is 214 g/mol. The fraction of sp³-hybridized carbons (Fsp3) is 0.800. The molecule has 0 spiro atoms. The van der Waals surface area contributed by atoms with Gasteiger partial charge in [0.15, 0.2) is 0 Å². The number of hydrogen-bond donors (Lipinski definition) is 0. The molecule has 0 amide bonds. The van der Waals surface area contributed by atoms with Gasteiger partial charge in [-0.2, -0.15) is 0 Å². The molecule has 2 rings (SSSR count). The van der Waals surface area contributed by atoms with Crippen LogP contribution in [0.5, 0.6) is 0 Å². The Morgan fingerprint density at radius 1 is 1.40 bits per heavy atom. The van der Waals surface area contributed by atoms with Gasteiger partial charge >= 0.3 is 11.9 Å². The molecule has 0 aromatic rings. The summed E-state index contributed by atoms with van der Waals surface area (Å²) in [4.78, 5) is 22.7. The monoisotopic (exact) mass is 214 g/mol. The van der Waals surface area contributed by atoms with E-state index in [1.54, 1.807) is 0 Å². The Kier molecular flexibility index (Phi) is 2.65. The predicted octanol–water partition coefficient (Wildman–Crippen LogP) is 0.129. The zero-order valence-corrected chi connectivity index (χ0v) is 8.65. The molecule has 15 heavy (non-hydrogen) atoms. The topological polar surface area (TPSA) is 61.8 Å². The van der Waals surface area contributed by atoms with Gasteiger partial charge in [0.1, 0.15) is 12.0 Å². The lowest BCUT2D eigenvalue weighted by atomic mass is 9.87. The highest BCUT2D eigenvalue weighted by Crippen LogP contribution is 2.33. The predicted molar refractivity (Wildman–Crippen MR) is 49.0 cm³/mol. The van der Waals surface area contributed by atoms with Gasteiger partial charge in [0.25, 0.3) is 0 Å². The number of carbonyl (C=O) groups is 2. The van der Waals surface area contributed by atoms with Gasteiger partial charge in [-0.1, -0.05) is 0 Å². The van der Waals surface area contributed by atoms with Crippen LogP contribution in [0, 0.1) is 11.3 Å². The van der Waals surface area contributed by atoms with Crippen LogP contribution < -0.4 is 0 Å². The zero-order valence-electron chi connectivity index (χ0n) is 8.65. The van der Waals surface area contributed by atoms with Crippen molar-refractivity contribution in [1.82, 2.24) is 0 Å². The van der Waals surface area contributed by atoms with Gasteiger partial charge in [-0.05, 0) is 12.8 Å². The molecule has 84 valence electrons. The summed E-state index contributed by atoms with van der Waals surface area (Å²) in [5.41, 5.74) is -0.751. The molecule has 2 fully saturated rings. The van der Waals surface area contributed by atoms with Crippen LogP contribution in [0.1, 0.15) is 12.8 Å². The molecule has 2 aliphatic rings. The van der Waals surface area contributed by atoms with Gasteiger partial charge in [-0.3, -0.25) is 9.59 Å². The maximum absolute atomic E-state index is 11.4. The first-order valence-corrected chi connectivity index (χ1v) is 5.01. The van der Waals surface area contributed by atoms with Crippen LogP contribution in [0.4, 0.5) is 0 Å². The number of methoxy groups -OCH3 is 1. The maximum atomic E-state index is 11.4. The summed E-state index contributed by atoms with van der Waals surface area (Å²) in [6.45, 7) is 0.629. The van der Waals surface area contributed by atoms with E-state index in [2.05, 4.69) is 4.74 Å². The SMILES string of the molecule is COC(=O)C1(COC(=O)C2CC2)COC1. The van der Waals surface area contributed by atoms with E-state index in [1.165, 1.54) is 7.11 Å². The van der Waals surface area contributed by atoms with E-state index in [9.17, 15) is 9.59 Å². The molecular weight excluding hydrogens is 200 g/mol. The van der Waals surface area contributed by atoms with Gasteiger partial charge < -0.3 is 14.2 Å². The molecule has 5 heteroatoms. The lowest BCUT2D eigenvalue weighted by molar-refractivity contribution is -0.196. The Balaban J connectivity index is 1.84. The van der Waals surface area contributed by atoms with Crippen molar-refractivity contribution in [3.63, 3.8) is 0 Å². The smallest absolute Gasteiger partial charge is 0.320 e. The second kappa shape index (κ2) is 3.81. The van der Waals surface area contributed by atoms with Crippen LogP contribution >= 0.6 is 0 Å². The largest absolute Gasteiger partial charge is 0.468 e. The number of hydrogen-bond acceptors (Lipinski definition) is 5. The molecule has 1 heterocycles. The van der Waals surface area contributed by atoms with E-state index < -0.39 is 5.41 Å². The molecule has 5 nitrogen and oxygen atoms in total. The normalized spacial score (nSPS) is 22.7. The van der Waals surface area contributed by atoms with Gasteiger partial charge in [0, 0.05) is 0 Å². The lowest BCUT2D eigenvalue weighted by Crippen LogP contribution is -2.53. The van der Waals surface area contributed by atoms with Crippen LogP contribution in [0.25, 0.3) is 0 Å². The molecule has 0 radical (unpaired) electrons. The minimum absolute atomic E-state index is 0.0562. The van der Waals surface area contributed by atoms with E-state index in [0.29, 0.717) is 0 Å². The molecule has 0 N–H and O–H groups in total. The first-order chi connectivity index (χ1) is 7.18. The van der Waals surface area contributed by atoms with Crippen molar-refractivity contribution < 1.29 is 23.8 Å². The molecule has 0 bridgehead atoms.